The number of ketones is 1. The molecule has 1 N–H and O–H groups in total. The molecule has 8 heteroatoms. The Morgan fingerprint density at radius 1 is 1.38 bits per heavy atom. The van der Waals surface area contributed by atoms with Crippen molar-refractivity contribution in [2.75, 3.05) is 13.7 Å². The highest BCUT2D eigenvalue weighted by Crippen LogP contribution is 1.92. The number of carbonyl (C=O) groups excluding carboxylic acids is 2. The molecule has 0 saturated heterocycles. The normalized spacial score (nSPS) is 12.0. The van der Waals surface area contributed by atoms with Gasteiger partial charge in [0.15, 0.2) is 5.78 Å². The van der Waals surface area contributed by atoms with Gasteiger partial charge in [-0.1, -0.05) is 0 Å². The molecule has 0 aliphatic rings. The summed E-state index contributed by atoms with van der Waals surface area (Å²) >= 11 is 0. The van der Waals surface area contributed by atoms with Crippen molar-refractivity contribution in [1.82, 2.24) is 14.5 Å². The van der Waals surface area contributed by atoms with Crippen LogP contribution in [0.4, 0.5) is 0 Å². The number of carbonyl (C=O) groups is 2. The Morgan fingerprint density at radius 2 is 2.00 bits per heavy atom. The molecule has 1 aromatic rings. The molecule has 0 bridgehead atoms. The predicted octanol–water partition coefficient (Wildman–Crippen LogP) is -1.10. The van der Waals surface area contributed by atoms with Crippen molar-refractivity contribution in [3.05, 3.63) is 32.6 Å². The van der Waals surface area contributed by atoms with Gasteiger partial charge in [0.05, 0.1) is 12.2 Å². The Balaban J connectivity index is 3.04. The summed E-state index contributed by atoms with van der Waals surface area (Å²) < 4.78 is 6.73. The molecule has 8 nitrogen and oxygen atoms in total. The molecule has 0 radical (unpaired) electrons. The fourth-order valence-corrected chi connectivity index (χ4v) is 1.85. The Kier molecular flexibility index (Phi) is 5.60. The van der Waals surface area contributed by atoms with Crippen molar-refractivity contribution < 1.29 is 14.3 Å². The molecule has 0 aromatic carbocycles. The van der Waals surface area contributed by atoms with Crippen LogP contribution in [0.15, 0.2) is 15.8 Å². The van der Waals surface area contributed by atoms with E-state index in [1.807, 2.05) is 0 Å². The average molecular weight is 297 g/mol. The van der Waals surface area contributed by atoms with Crippen LogP contribution >= 0.6 is 0 Å². The SMILES string of the molecule is COCC(C)NC(=O)Cn1cc(C(C)=O)c(=O)n(C)c1=O. The summed E-state index contributed by atoms with van der Waals surface area (Å²) in [5.74, 6) is -0.868. The highest BCUT2D eigenvalue weighted by molar-refractivity contribution is 5.93. The minimum absolute atomic E-state index is 0.130. The summed E-state index contributed by atoms with van der Waals surface area (Å²) in [6, 6.07) is -0.210. The van der Waals surface area contributed by atoms with E-state index in [0.29, 0.717) is 6.61 Å². The first kappa shape index (κ1) is 16.8. The second-order valence-electron chi connectivity index (χ2n) is 4.80. The Bertz CT molecular complexity index is 659. The molecule has 0 spiro atoms. The maximum atomic E-state index is 11.9. The van der Waals surface area contributed by atoms with Crippen LogP contribution in [0.2, 0.25) is 0 Å². The van der Waals surface area contributed by atoms with Crippen molar-refractivity contribution in [1.29, 1.82) is 0 Å². The molecule has 0 aliphatic heterocycles. The van der Waals surface area contributed by atoms with E-state index in [4.69, 9.17) is 4.74 Å². The van der Waals surface area contributed by atoms with E-state index in [1.165, 1.54) is 21.1 Å². The van der Waals surface area contributed by atoms with Crippen LogP contribution < -0.4 is 16.6 Å². The van der Waals surface area contributed by atoms with E-state index in [9.17, 15) is 19.2 Å². The zero-order valence-corrected chi connectivity index (χ0v) is 12.5. The summed E-state index contributed by atoms with van der Waals surface area (Å²) in [6.07, 6.45) is 1.12. The Hall–Kier alpha value is -2.22. The predicted molar refractivity (Wildman–Crippen MR) is 75.4 cm³/mol. The highest BCUT2D eigenvalue weighted by Gasteiger charge is 2.15. The van der Waals surface area contributed by atoms with Crippen molar-refractivity contribution in [2.24, 2.45) is 7.05 Å². The lowest BCUT2D eigenvalue weighted by atomic mass is 10.2. The maximum Gasteiger partial charge on any atom is 0.331 e. The first-order valence-electron chi connectivity index (χ1n) is 6.37. The number of ether oxygens (including phenoxy) is 1. The zero-order chi connectivity index (χ0) is 16.2. The number of hydrogen-bond donors (Lipinski definition) is 1. The number of methoxy groups -OCH3 is 1. The van der Waals surface area contributed by atoms with E-state index in [2.05, 4.69) is 5.32 Å². The lowest BCUT2D eigenvalue weighted by molar-refractivity contribution is -0.122. The summed E-state index contributed by atoms with van der Waals surface area (Å²) in [4.78, 5) is 46.9. The topological polar surface area (TPSA) is 99.4 Å². The van der Waals surface area contributed by atoms with E-state index in [-0.39, 0.29) is 18.2 Å². The lowest BCUT2D eigenvalue weighted by Gasteiger charge is -2.14. The molecule has 0 aliphatic carbocycles. The van der Waals surface area contributed by atoms with Gasteiger partial charge in [0.2, 0.25) is 5.91 Å². The number of aromatic nitrogens is 2. The summed E-state index contributed by atoms with van der Waals surface area (Å²) in [7, 11) is 2.78. The maximum absolute atomic E-state index is 11.9. The van der Waals surface area contributed by atoms with Gasteiger partial charge in [-0.3, -0.25) is 23.5 Å². The number of rotatable bonds is 6. The molecule has 1 unspecified atom stereocenters. The number of nitrogens with one attached hydrogen (secondary N) is 1. The second-order valence-corrected chi connectivity index (χ2v) is 4.80. The van der Waals surface area contributed by atoms with Gasteiger partial charge < -0.3 is 10.1 Å². The van der Waals surface area contributed by atoms with Crippen molar-refractivity contribution >= 4 is 11.7 Å². The average Bonchev–Trinajstić information content (AvgIpc) is 2.39. The molecule has 116 valence electrons. The molecule has 21 heavy (non-hydrogen) atoms. The molecular weight excluding hydrogens is 278 g/mol. The molecule has 0 saturated carbocycles. The smallest absolute Gasteiger partial charge is 0.331 e. The van der Waals surface area contributed by atoms with Gasteiger partial charge >= 0.3 is 5.69 Å². The minimum Gasteiger partial charge on any atom is -0.383 e. The Morgan fingerprint density at radius 3 is 2.52 bits per heavy atom. The number of Topliss-reactive ketones (excluding diaryl/α,β-unsaturated/α-hetero) is 1. The van der Waals surface area contributed by atoms with Crippen LogP contribution in [0.5, 0.6) is 0 Å². The van der Waals surface area contributed by atoms with Gasteiger partial charge in [-0.05, 0) is 13.8 Å². The summed E-state index contributed by atoms with van der Waals surface area (Å²) in [6.45, 7) is 3.05. The van der Waals surface area contributed by atoms with E-state index in [1.54, 1.807) is 6.92 Å². The fourth-order valence-electron chi connectivity index (χ4n) is 1.85. The van der Waals surface area contributed by atoms with Gasteiger partial charge in [0, 0.05) is 26.4 Å². The molecule has 1 amide bonds. The number of hydrogen-bond acceptors (Lipinski definition) is 5. The standard InChI is InChI=1S/C13H19N3O5/c1-8(7-21-4)14-11(18)6-16-5-10(9(2)17)12(19)15(3)13(16)20/h5,8H,6-7H2,1-4H3,(H,14,18). The molecule has 1 heterocycles. The van der Waals surface area contributed by atoms with Crippen LogP contribution in [0, 0.1) is 0 Å². The van der Waals surface area contributed by atoms with Crippen molar-refractivity contribution in [3.8, 4) is 0 Å². The van der Waals surface area contributed by atoms with E-state index < -0.39 is 22.9 Å². The van der Waals surface area contributed by atoms with Gasteiger partial charge in [-0.25, -0.2) is 4.79 Å². The van der Waals surface area contributed by atoms with Crippen LogP contribution in [0.3, 0.4) is 0 Å². The first-order chi connectivity index (χ1) is 9.77. The van der Waals surface area contributed by atoms with Gasteiger partial charge in [0.1, 0.15) is 6.54 Å². The third-order valence-electron chi connectivity index (χ3n) is 2.87. The number of amides is 1. The summed E-state index contributed by atoms with van der Waals surface area (Å²) in [5, 5.41) is 2.64. The molecule has 0 fully saturated rings. The quantitative estimate of drug-likeness (QED) is 0.672. The van der Waals surface area contributed by atoms with Gasteiger partial charge in [-0.15, -0.1) is 0 Å². The monoisotopic (exact) mass is 297 g/mol. The highest BCUT2D eigenvalue weighted by atomic mass is 16.5. The minimum atomic E-state index is -0.670. The van der Waals surface area contributed by atoms with E-state index in [0.717, 1.165) is 15.3 Å². The molecule has 1 atom stereocenters. The molecule has 1 rings (SSSR count). The third kappa shape index (κ3) is 4.12. The first-order valence-corrected chi connectivity index (χ1v) is 6.37. The zero-order valence-electron chi connectivity index (χ0n) is 12.5. The number of nitrogens with zero attached hydrogens (tertiary/aromatic N) is 2. The van der Waals surface area contributed by atoms with Crippen molar-refractivity contribution in [2.45, 2.75) is 26.4 Å². The molecule has 1 aromatic heterocycles. The van der Waals surface area contributed by atoms with Crippen molar-refractivity contribution in [3.63, 3.8) is 0 Å². The lowest BCUT2D eigenvalue weighted by Crippen LogP contribution is -2.44. The largest absolute Gasteiger partial charge is 0.383 e. The van der Waals surface area contributed by atoms with Crippen LogP contribution in [0.1, 0.15) is 24.2 Å². The van der Waals surface area contributed by atoms with Crippen LogP contribution in [-0.4, -0.2) is 40.6 Å². The Labute approximate surface area is 121 Å². The fraction of sp³-hybridized carbons (Fsp3) is 0.538. The third-order valence-corrected chi connectivity index (χ3v) is 2.87. The van der Waals surface area contributed by atoms with Gasteiger partial charge in [-0.2, -0.15) is 0 Å². The summed E-state index contributed by atoms with van der Waals surface area (Å²) in [5.41, 5.74) is -1.45. The second kappa shape index (κ2) is 6.98. The van der Waals surface area contributed by atoms with Crippen LogP contribution in [-0.2, 0) is 23.1 Å². The van der Waals surface area contributed by atoms with E-state index >= 15 is 0 Å². The molecular formula is C13H19N3O5. The van der Waals surface area contributed by atoms with Crippen LogP contribution in [0.25, 0.3) is 0 Å². The van der Waals surface area contributed by atoms with Gasteiger partial charge in [0.25, 0.3) is 5.56 Å².